The van der Waals surface area contributed by atoms with Crippen LogP contribution in [0, 0.1) is 0 Å². The van der Waals surface area contributed by atoms with Crippen LogP contribution in [0.4, 0.5) is 0 Å². The van der Waals surface area contributed by atoms with Gasteiger partial charge in [0, 0.05) is 30.9 Å². The summed E-state index contributed by atoms with van der Waals surface area (Å²) >= 11 is 12.1. The monoisotopic (exact) mass is 374 g/mol. The molecule has 1 amide bonds. The molecule has 1 aromatic heterocycles. The number of nitrogens with zero attached hydrogens (tertiary/aromatic N) is 3. The van der Waals surface area contributed by atoms with E-state index in [2.05, 4.69) is 10.4 Å². The second-order valence-electron chi connectivity index (χ2n) is 5.17. The number of benzene rings is 1. The molecular weight excluding hydrogens is 359 g/mol. The lowest BCUT2D eigenvalue weighted by molar-refractivity contribution is 0.0766. The van der Waals surface area contributed by atoms with Crippen molar-refractivity contribution in [3.05, 3.63) is 46.2 Å². The molecule has 1 N–H and O–H groups in total. The van der Waals surface area contributed by atoms with Gasteiger partial charge in [0.05, 0.1) is 22.5 Å². The molecule has 0 aliphatic carbocycles. The number of amides is 1. The van der Waals surface area contributed by atoms with E-state index in [1.165, 1.54) is 0 Å². The molecule has 124 valence electrons. The van der Waals surface area contributed by atoms with E-state index in [9.17, 15) is 4.79 Å². The number of aromatic nitrogens is 2. The van der Waals surface area contributed by atoms with Crippen LogP contribution in [0.5, 0.6) is 0 Å². The number of nitrogens with one attached hydrogen (secondary N) is 1. The summed E-state index contributed by atoms with van der Waals surface area (Å²) in [7, 11) is 0. The highest BCUT2D eigenvalue weighted by Gasteiger charge is 2.19. The zero-order chi connectivity index (χ0) is 15.5. The molecule has 3 rings (SSSR count). The third-order valence-corrected chi connectivity index (χ3v) is 4.15. The summed E-state index contributed by atoms with van der Waals surface area (Å²) in [5.74, 6) is 0.0000333. The van der Waals surface area contributed by atoms with E-state index in [1.807, 2.05) is 4.90 Å². The first-order valence-corrected chi connectivity index (χ1v) is 7.91. The van der Waals surface area contributed by atoms with Gasteiger partial charge >= 0.3 is 0 Å². The van der Waals surface area contributed by atoms with Gasteiger partial charge in [-0.25, -0.2) is 4.68 Å². The Hall–Kier alpha value is -1.27. The minimum absolute atomic E-state index is 0. The molecule has 0 bridgehead atoms. The Morgan fingerprint density at radius 1 is 1.22 bits per heavy atom. The van der Waals surface area contributed by atoms with Crippen LogP contribution < -0.4 is 5.32 Å². The first-order valence-electron chi connectivity index (χ1n) is 7.15. The Balaban J connectivity index is 0.00000192. The predicted octanol–water partition coefficient (Wildman–Crippen LogP) is 3.04. The van der Waals surface area contributed by atoms with Crippen molar-refractivity contribution in [1.29, 1.82) is 0 Å². The maximum atomic E-state index is 12.5. The summed E-state index contributed by atoms with van der Waals surface area (Å²) in [6.45, 7) is 3.25. The summed E-state index contributed by atoms with van der Waals surface area (Å²) in [6, 6.07) is 5.18. The van der Waals surface area contributed by atoms with E-state index >= 15 is 0 Å². The van der Waals surface area contributed by atoms with Crippen LogP contribution in [0.1, 0.15) is 16.8 Å². The van der Waals surface area contributed by atoms with Crippen LogP contribution in [-0.2, 0) is 0 Å². The molecule has 0 atom stereocenters. The van der Waals surface area contributed by atoms with E-state index in [0.29, 0.717) is 27.8 Å². The second kappa shape index (κ2) is 8.02. The van der Waals surface area contributed by atoms with Gasteiger partial charge < -0.3 is 10.2 Å². The van der Waals surface area contributed by atoms with Gasteiger partial charge in [-0.1, -0.05) is 23.2 Å². The van der Waals surface area contributed by atoms with Gasteiger partial charge in [-0.2, -0.15) is 5.10 Å². The van der Waals surface area contributed by atoms with Crippen molar-refractivity contribution in [2.45, 2.75) is 6.42 Å². The molecule has 1 fully saturated rings. The number of halogens is 3. The van der Waals surface area contributed by atoms with Gasteiger partial charge in [-0.05, 0) is 31.2 Å². The van der Waals surface area contributed by atoms with Crippen molar-refractivity contribution in [3.8, 4) is 5.69 Å². The van der Waals surface area contributed by atoms with Crippen LogP contribution in [0.15, 0.2) is 30.6 Å². The van der Waals surface area contributed by atoms with Crippen molar-refractivity contribution >= 4 is 41.5 Å². The molecule has 2 aromatic rings. The van der Waals surface area contributed by atoms with Gasteiger partial charge in [-0.15, -0.1) is 12.4 Å². The topological polar surface area (TPSA) is 50.2 Å². The van der Waals surface area contributed by atoms with Crippen molar-refractivity contribution in [3.63, 3.8) is 0 Å². The van der Waals surface area contributed by atoms with Gasteiger partial charge in [0.1, 0.15) is 0 Å². The highest BCUT2D eigenvalue weighted by atomic mass is 35.5. The second-order valence-corrected chi connectivity index (χ2v) is 6.01. The average Bonchev–Trinajstić information content (AvgIpc) is 2.81. The quantitative estimate of drug-likeness (QED) is 0.878. The molecule has 1 aromatic carbocycles. The van der Waals surface area contributed by atoms with Crippen molar-refractivity contribution in [1.82, 2.24) is 20.0 Å². The Kier molecular flexibility index (Phi) is 6.30. The number of hydrogen-bond acceptors (Lipinski definition) is 3. The maximum Gasteiger partial charge on any atom is 0.257 e. The first-order chi connectivity index (χ1) is 10.6. The Morgan fingerprint density at radius 3 is 2.83 bits per heavy atom. The minimum Gasteiger partial charge on any atom is -0.337 e. The molecule has 0 spiro atoms. The molecule has 5 nitrogen and oxygen atoms in total. The minimum atomic E-state index is 0. The van der Waals surface area contributed by atoms with E-state index in [4.69, 9.17) is 23.2 Å². The smallest absolute Gasteiger partial charge is 0.257 e. The fraction of sp³-hybridized carbons (Fsp3) is 0.333. The summed E-state index contributed by atoms with van der Waals surface area (Å²) in [5, 5.41) is 8.58. The lowest BCUT2D eigenvalue weighted by Gasteiger charge is -2.18. The van der Waals surface area contributed by atoms with Gasteiger partial charge in [-0.3, -0.25) is 4.79 Å². The van der Waals surface area contributed by atoms with Crippen LogP contribution in [0.2, 0.25) is 10.0 Å². The summed E-state index contributed by atoms with van der Waals surface area (Å²) in [5.41, 5.74) is 1.26. The third kappa shape index (κ3) is 4.18. The number of rotatable bonds is 2. The van der Waals surface area contributed by atoms with Crippen LogP contribution in [-0.4, -0.2) is 46.8 Å². The molecule has 1 aliphatic heterocycles. The van der Waals surface area contributed by atoms with Crippen molar-refractivity contribution in [2.24, 2.45) is 0 Å². The molecule has 1 aliphatic rings. The van der Waals surface area contributed by atoms with Crippen LogP contribution >= 0.6 is 35.6 Å². The Bertz CT molecular complexity index is 681. The standard InChI is InChI=1S/C15H16Cl2N4O.ClH/c16-12-2-3-14(13(17)8-12)21-10-11(9-19-21)15(22)20-6-1-4-18-5-7-20;/h2-3,8-10,18H,1,4-7H2;1H. The lowest BCUT2D eigenvalue weighted by Crippen LogP contribution is -2.33. The fourth-order valence-corrected chi connectivity index (χ4v) is 2.96. The fourth-order valence-electron chi connectivity index (χ4n) is 2.46. The van der Waals surface area contributed by atoms with Gasteiger partial charge in [0.15, 0.2) is 0 Å². The summed E-state index contributed by atoms with van der Waals surface area (Å²) in [6.07, 6.45) is 4.24. The molecule has 0 radical (unpaired) electrons. The van der Waals surface area contributed by atoms with Crippen molar-refractivity contribution in [2.75, 3.05) is 26.2 Å². The summed E-state index contributed by atoms with van der Waals surface area (Å²) < 4.78 is 1.60. The Labute approximate surface area is 151 Å². The molecule has 8 heteroatoms. The Morgan fingerprint density at radius 2 is 2.04 bits per heavy atom. The maximum absolute atomic E-state index is 12.5. The number of carbonyl (C=O) groups excluding carboxylic acids is 1. The summed E-state index contributed by atoms with van der Waals surface area (Å²) in [4.78, 5) is 14.4. The third-order valence-electron chi connectivity index (χ3n) is 3.61. The van der Waals surface area contributed by atoms with E-state index in [-0.39, 0.29) is 18.3 Å². The molecule has 23 heavy (non-hydrogen) atoms. The molecular formula is C15H17Cl3N4O. The van der Waals surface area contributed by atoms with Gasteiger partial charge in [0.2, 0.25) is 0 Å². The highest BCUT2D eigenvalue weighted by molar-refractivity contribution is 6.35. The SMILES string of the molecule is Cl.O=C(c1cnn(-c2ccc(Cl)cc2Cl)c1)N1CCCNCC1. The zero-order valence-corrected chi connectivity index (χ0v) is 14.7. The average molecular weight is 376 g/mol. The zero-order valence-electron chi connectivity index (χ0n) is 12.3. The predicted molar refractivity (Wildman–Crippen MR) is 94.2 cm³/mol. The molecule has 1 saturated heterocycles. The van der Waals surface area contributed by atoms with Gasteiger partial charge in [0.25, 0.3) is 5.91 Å². The van der Waals surface area contributed by atoms with Crippen LogP contribution in [0.3, 0.4) is 0 Å². The molecule has 0 unspecified atom stereocenters. The lowest BCUT2D eigenvalue weighted by atomic mass is 10.3. The van der Waals surface area contributed by atoms with E-state index in [0.717, 1.165) is 26.1 Å². The van der Waals surface area contributed by atoms with Crippen LogP contribution in [0.25, 0.3) is 5.69 Å². The van der Waals surface area contributed by atoms with E-state index in [1.54, 1.807) is 35.3 Å². The number of carbonyl (C=O) groups is 1. The van der Waals surface area contributed by atoms with E-state index < -0.39 is 0 Å². The molecule has 2 heterocycles. The highest BCUT2D eigenvalue weighted by Crippen LogP contribution is 2.24. The molecule has 0 saturated carbocycles. The van der Waals surface area contributed by atoms with Crippen molar-refractivity contribution < 1.29 is 4.79 Å². The largest absolute Gasteiger partial charge is 0.337 e. The number of hydrogen-bond donors (Lipinski definition) is 1. The normalized spacial score (nSPS) is 15.0. The first kappa shape index (κ1) is 18.1.